The number of hydrogen-bond acceptors (Lipinski definition) is 3. The molecule has 0 saturated heterocycles. The van der Waals surface area contributed by atoms with Crippen LogP contribution in [0.15, 0.2) is 77.9 Å². The molecule has 1 aliphatic rings. The second-order valence-corrected chi connectivity index (χ2v) is 9.27. The number of allylic oxidation sites excluding steroid dienone is 4. The van der Waals surface area contributed by atoms with Crippen LogP contribution < -0.4 is 5.50 Å². The molecule has 4 atom stereocenters. The summed E-state index contributed by atoms with van der Waals surface area (Å²) in [5.41, 5.74) is 2.96. The van der Waals surface area contributed by atoms with Crippen molar-refractivity contribution in [3.8, 4) is 0 Å². The Bertz CT molecular complexity index is 1140. The van der Waals surface area contributed by atoms with Crippen LogP contribution in [-0.2, 0) is 20.4 Å². The standard InChI is InChI=1S/C23H23F5NO4P/c1-14-7-5-6-10-16(14)12-32-13-17(33-34(29,30)31)11-23(28)18(15-8-3-2-4-9-15)19(24)20(25)21(26)22(23)27/h2-10,17-18H,11-13H2,1H3,(H3,29,30,31)/t17?,18?,23-/m1/s1. The van der Waals surface area contributed by atoms with Gasteiger partial charge in [0.2, 0.25) is 0 Å². The lowest BCUT2D eigenvalue weighted by Crippen LogP contribution is -2.41. The quantitative estimate of drug-likeness (QED) is 0.317. The summed E-state index contributed by atoms with van der Waals surface area (Å²) in [6.07, 6.45) is -2.91. The molecule has 5 nitrogen and oxygen atoms in total. The number of benzene rings is 2. The Balaban J connectivity index is 1.92. The van der Waals surface area contributed by atoms with Gasteiger partial charge in [-0.05, 0) is 23.6 Å². The average molecular weight is 503 g/mol. The third-order valence-corrected chi connectivity index (χ3v) is 6.05. The van der Waals surface area contributed by atoms with E-state index in [0.717, 1.165) is 11.1 Å². The summed E-state index contributed by atoms with van der Waals surface area (Å²) in [6.45, 7) is 1.21. The fourth-order valence-electron chi connectivity index (χ4n) is 3.85. The number of ether oxygens (including phenoxy) is 1. The van der Waals surface area contributed by atoms with Crippen LogP contribution in [0.2, 0.25) is 0 Å². The van der Waals surface area contributed by atoms with E-state index in [1.165, 1.54) is 30.3 Å². The van der Waals surface area contributed by atoms with E-state index in [9.17, 15) is 27.0 Å². The molecule has 0 amide bonds. The Morgan fingerprint density at radius 2 is 1.68 bits per heavy atom. The summed E-state index contributed by atoms with van der Waals surface area (Å²) in [4.78, 5) is 9.47. The van der Waals surface area contributed by atoms with Crippen molar-refractivity contribution in [1.82, 2.24) is 0 Å². The highest BCUT2D eigenvalue weighted by Gasteiger charge is 2.55. The molecule has 0 fully saturated rings. The van der Waals surface area contributed by atoms with Crippen LogP contribution in [0, 0.1) is 6.92 Å². The Hall–Kier alpha value is -2.36. The molecule has 0 aromatic heterocycles. The molecular formula is C23H23F5NO4P. The van der Waals surface area contributed by atoms with Gasteiger partial charge in [0.15, 0.2) is 23.1 Å². The van der Waals surface area contributed by atoms with Gasteiger partial charge in [0.05, 0.1) is 25.2 Å². The molecule has 34 heavy (non-hydrogen) atoms. The Morgan fingerprint density at radius 3 is 2.29 bits per heavy atom. The van der Waals surface area contributed by atoms with E-state index in [2.05, 4.69) is 0 Å². The van der Waals surface area contributed by atoms with Gasteiger partial charge in [0.25, 0.3) is 0 Å². The summed E-state index contributed by atoms with van der Waals surface area (Å²) in [6, 6.07) is 13.8. The minimum absolute atomic E-state index is 0.0240. The highest BCUT2D eigenvalue weighted by Crippen LogP contribution is 2.54. The molecule has 0 spiro atoms. The first-order valence-electron chi connectivity index (χ1n) is 10.2. The van der Waals surface area contributed by atoms with Crippen molar-refractivity contribution in [1.29, 1.82) is 0 Å². The van der Waals surface area contributed by atoms with Gasteiger partial charge in [-0.25, -0.2) is 32.0 Å². The van der Waals surface area contributed by atoms with Crippen LogP contribution in [0.3, 0.4) is 0 Å². The summed E-state index contributed by atoms with van der Waals surface area (Å²) in [5, 5.41) is 0. The number of nitrogens with two attached hydrogens (primary N) is 1. The Kier molecular flexibility index (Phi) is 8.10. The van der Waals surface area contributed by atoms with E-state index in [-0.39, 0.29) is 12.2 Å². The summed E-state index contributed by atoms with van der Waals surface area (Å²) in [7, 11) is -4.75. The third-order valence-electron chi connectivity index (χ3n) is 5.45. The maximum absolute atomic E-state index is 16.2. The molecule has 1 aliphatic carbocycles. The van der Waals surface area contributed by atoms with E-state index < -0.39 is 61.8 Å². The molecule has 2 aromatic rings. The predicted molar refractivity (Wildman–Crippen MR) is 116 cm³/mol. The van der Waals surface area contributed by atoms with Gasteiger partial charge in [0, 0.05) is 6.42 Å². The first-order chi connectivity index (χ1) is 15.9. The van der Waals surface area contributed by atoms with Crippen molar-refractivity contribution in [3.05, 3.63) is 94.6 Å². The second kappa shape index (κ2) is 10.5. The molecule has 11 heteroatoms. The predicted octanol–water partition coefficient (Wildman–Crippen LogP) is 6.15. The van der Waals surface area contributed by atoms with Crippen LogP contribution in [0.5, 0.6) is 0 Å². The molecule has 3 unspecified atom stereocenters. The average Bonchev–Trinajstić information content (AvgIpc) is 2.77. The fraction of sp³-hybridized carbons (Fsp3) is 0.304. The van der Waals surface area contributed by atoms with Gasteiger partial charge in [-0.3, -0.25) is 4.52 Å². The normalized spacial score (nSPS) is 23.7. The minimum Gasteiger partial charge on any atom is -0.374 e. The van der Waals surface area contributed by atoms with Crippen molar-refractivity contribution in [2.45, 2.75) is 37.6 Å². The van der Waals surface area contributed by atoms with Gasteiger partial charge in [-0.2, -0.15) is 0 Å². The third kappa shape index (κ3) is 5.82. The van der Waals surface area contributed by atoms with Crippen molar-refractivity contribution in [2.75, 3.05) is 6.61 Å². The molecule has 2 aromatic carbocycles. The van der Waals surface area contributed by atoms with Crippen LogP contribution in [0.1, 0.15) is 29.0 Å². The number of halogens is 5. The largest absolute Gasteiger partial charge is 0.400 e. The highest BCUT2D eigenvalue weighted by atomic mass is 31.2. The Morgan fingerprint density at radius 1 is 1.06 bits per heavy atom. The maximum atomic E-state index is 16.2. The molecule has 0 radical (unpaired) electrons. The van der Waals surface area contributed by atoms with Crippen LogP contribution in [0.25, 0.3) is 0 Å². The lowest BCUT2D eigenvalue weighted by Gasteiger charge is -2.37. The monoisotopic (exact) mass is 503 g/mol. The highest BCUT2D eigenvalue weighted by molar-refractivity contribution is 7.50. The van der Waals surface area contributed by atoms with Gasteiger partial charge in [-0.1, -0.05) is 54.6 Å². The molecule has 0 bridgehead atoms. The lowest BCUT2D eigenvalue weighted by molar-refractivity contribution is -0.00523. The summed E-state index contributed by atoms with van der Waals surface area (Å²) in [5.74, 6) is -10.7. The molecule has 0 saturated carbocycles. The fourth-order valence-corrected chi connectivity index (χ4v) is 4.41. The number of rotatable bonds is 9. The Labute approximate surface area is 193 Å². The number of hydrogen-bond donors (Lipinski definition) is 2. The van der Waals surface area contributed by atoms with Crippen molar-refractivity contribution < 1.29 is 40.7 Å². The molecule has 0 aliphatic heterocycles. The topological polar surface area (TPSA) is 81.8 Å². The summed E-state index contributed by atoms with van der Waals surface area (Å²) >= 11 is 0. The van der Waals surface area contributed by atoms with E-state index in [1.807, 2.05) is 13.0 Å². The molecule has 3 N–H and O–H groups in total. The lowest BCUT2D eigenvalue weighted by atomic mass is 9.75. The minimum atomic E-state index is -4.75. The van der Waals surface area contributed by atoms with Crippen LogP contribution in [-0.4, -0.2) is 23.3 Å². The van der Waals surface area contributed by atoms with Crippen LogP contribution >= 0.6 is 7.75 Å². The van der Waals surface area contributed by atoms with Gasteiger partial charge in [-0.15, -0.1) is 0 Å². The first-order valence-corrected chi connectivity index (χ1v) is 11.9. The molecule has 3 rings (SSSR count). The van der Waals surface area contributed by atoms with Crippen LogP contribution in [0.4, 0.5) is 22.0 Å². The smallest absolute Gasteiger partial charge is 0.374 e. The zero-order chi connectivity index (χ0) is 25.1. The number of alkyl halides is 1. The molecule has 184 valence electrons. The zero-order valence-corrected chi connectivity index (χ0v) is 19.0. The van der Waals surface area contributed by atoms with Gasteiger partial charge >= 0.3 is 7.75 Å². The van der Waals surface area contributed by atoms with E-state index >= 15 is 4.39 Å². The number of aryl methyl sites for hydroxylation is 1. The first kappa shape index (κ1) is 26.2. The second-order valence-electron chi connectivity index (χ2n) is 7.93. The SMILES string of the molecule is Cc1ccccc1COCC(C[C@]1(F)C(F)=C(F)C(F)=C(F)C1c1ccccc1)OP(N)(=O)O. The maximum Gasteiger partial charge on any atom is 0.400 e. The zero-order valence-electron chi connectivity index (χ0n) is 18.1. The van der Waals surface area contributed by atoms with E-state index in [4.69, 9.17) is 14.8 Å². The van der Waals surface area contributed by atoms with E-state index in [1.54, 1.807) is 18.2 Å². The summed E-state index contributed by atoms with van der Waals surface area (Å²) < 4.78 is 95.9. The molecule has 0 heterocycles. The van der Waals surface area contributed by atoms with Crippen molar-refractivity contribution >= 4 is 7.75 Å². The van der Waals surface area contributed by atoms with Gasteiger partial charge in [0.1, 0.15) is 5.83 Å². The van der Waals surface area contributed by atoms with Crippen molar-refractivity contribution in [2.24, 2.45) is 5.50 Å². The van der Waals surface area contributed by atoms with E-state index in [0.29, 0.717) is 0 Å². The van der Waals surface area contributed by atoms with Crippen molar-refractivity contribution in [3.63, 3.8) is 0 Å². The molecular weight excluding hydrogens is 480 g/mol. The van der Waals surface area contributed by atoms with Gasteiger partial charge < -0.3 is 9.63 Å².